The third kappa shape index (κ3) is 4.16. The molecule has 0 aliphatic carbocycles. The summed E-state index contributed by atoms with van der Waals surface area (Å²) in [4.78, 5) is 21.2. The molecule has 1 aliphatic heterocycles. The Morgan fingerprint density at radius 3 is 2.42 bits per heavy atom. The van der Waals surface area contributed by atoms with Crippen LogP contribution in [0.1, 0.15) is 10.4 Å². The second-order valence-corrected chi connectivity index (χ2v) is 6.88. The highest BCUT2D eigenvalue weighted by Crippen LogP contribution is 2.34. The summed E-state index contributed by atoms with van der Waals surface area (Å²) in [5.74, 6) is 1.76. The number of fused-ring (bicyclic) bond motifs is 1. The van der Waals surface area contributed by atoms with Crippen LogP contribution in [0.25, 0.3) is 11.3 Å². The van der Waals surface area contributed by atoms with Crippen molar-refractivity contribution in [2.45, 2.75) is 0 Å². The van der Waals surface area contributed by atoms with Gasteiger partial charge >= 0.3 is 0 Å². The second-order valence-electron chi connectivity index (χ2n) is 6.88. The summed E-state index contributed by atoms with van der Waals surface area (Å²) in [5.41, 5.74) is 3.85. The van der Waals surface area contributed by atoms with Crippen molar-refractivity contribution >= 4 is 23.1 Å². The Bertz CT molecular complexity index is 1230. The van der Waals surface area contributed by atoms with Crippen LogP contribution in [0.2, 0.25) is 0 Å². The Hall–Kier alpha value is -4.39. The molecule has 0 bridgehead atoms. The summed E-state index contributed by atoms with van der Waals surface area (Å²) in [6, 6.07) is 24.3. The maximum Gasteiger partial charge on any atom is 0.255 e. The quantitative estimate of drug-likeness (QED) is 0.488. The number of carbonyl (C=O) groups is 1. The maximum absolute atomic E-state index is 12.6. The summed E-state index contributed by atoms with van der Waals surface area (Å²) in [6.07, 6.45) is 1.53. The van der Waals surface area contributed by atoms with Crippen molar-refractivity contribution in [1.29, 1.82) is 0 Å². The molecule has 152 valence electrons. The third-order valence-electron chi connectivity index (χ3n) is 4.79. The van der Waals surface area contributed by atoms with Gasteiger partial charge in [0.25, 0.3) is 5.91 Å². The zero-order valence-electron chi connectivity index (χ0n) is 16.4. The van der Waals surface area contributed by atoms with Gasteiger partial charge in [0.05, 0.1) is 5.69 Å². The van der Waals surface area contributed by atoms with Crippen LogP contribution < -0.4 is 20.1 Å². The molecule has 1 aromatic heterocycles. The third-order valence-corrected chi connectivity index (χ3v) is 4.79. The van der Waals surface area contributed by atoms with Crippen molar-refractivity contribution in [2.75, 3.05) is 17.4 Å². The average Bonchev–Trinajstić information content (AvgIpc) is 3.28. The smallest absolute Gasteiger partial charge is 0.255 e. The van der Waals surface area contributed by atoms with Gasteiger partial charge in [-0.25, -0.2) is 9.97 Å². The van der Waals surface area contributed by atoms with Crippen molar-refractivity contribution in [3.8, 4) is 22.8 Å². The lowest BCUT2D eigenvalue weighted by Crippen LogP contribution is -2.11. The highest BCUT2D eigenvalue weighted by molar-refractivity contribution is 6.04. The minimum Gasteiger partial charge on any atom is -0.454 e. The van der Waals surface area contributed by atoms with Crippen LogP contribution in [0, 0.1) is 0 Å². The molecule has 1 aliphatic rings. The van der Waals surface area contributed by atoms with E-state index < -0.39 is 0 Å². The largest absolute Gasteiger partial charge is 0.454 e. The lowest BCUT2D eigenvalue weighted by atomic mass is 10.1. The molecule has 31 heavy (non-hydrogen) atoms. The number of carbonyl (C=O) groups excluding carboxylic acids is 1. The van der Waals surface area contributed by atoms with Crippen LogP contribution in [0.5, 0.6) is 11.5 Å². The predicted octanol–water partition coefficient (Wildman–Crippen LogP) is 4.87. The summed E-state index contributed by atoms with van der Waals surface area (Å²) < 4.78 is 10.6. The van der Waals surface area contributed by atoms with Gasteiger partial charge in [0.15, 0.2) is 11.5 Å². The van der Waals surface area contributed by atoms with Crippen molar-refractivity contribution in [1.82, 2.24) is 9.97 Å². The molecule has 7 heteroatoms. The first-order chi connectivity index (χ1) is 15.2. The van der Waals surface area contributed by atoms with E-state index in [4.69, 9.17) is 9.47 Å². The van der Waals surface area contributed by atoms with Gasteiger partial charge in [-0.1, -0.05) is 30.3 Å². The number of hydrogen-bond acceptors (Lipinski definition) is 6. The van der Waals surface area contributed by atoms with Crippen LogP contribution in [0.15, 0.2) is 85.2 Å². The van der Waals surface area contributed by atoms with Crippen molar-refractivity contribution in [3.63, 3.8) is 0 Å². The Morgan fingerprint density at radius 2 is 1.58 bits per heavy atom. The van der Waals surface area contributed by atoms with Gasteiger partial charge in [-0.05, 0) is 36.4 Å². The number of aromatic nitrogens is 2. The molecule has 0 radical (unpaired) electrons. The normalized spacial score (nSPS) is 11.7. The number of anilines is 3. The zero-order chi connectivity index (χ0) is 21.0. The van der Waals surface area contributed by atoms with E-state index in [-0.39, 0.29) is 12.7 Å². The first kappa shape index (κ1) is 18.6. The molecule has 1 amide bonds. The highest BCUT2D eigenvalue weighted by atomic mass is 16.7. The highest BCUT2D eigenvalue weighted by Gasteiger charge is 2.14. The van der Waals surface area contributed by atoms with E-state index in [1.54, 1.807) is 30.3 Å². The predicted molar refractivity (Wildman–Crippen MR) is 118 cm³/mol. The summed E-state index contributed by atoms with van der Waals surface area (Å²) in [7, 11) is 0. The molecular formula is C24H18N4O3. The summed E-state index contributed by atoms with van der Waals surface area (Å²) in [5, 5.41) is 6.11. The average molecular weight is 410 g/mol. The molecule has 3 aromatic carbocycles. The molecule has 0 unspecified atom stereocenters. The number of amides is 1. The molecule has 0 spiro atoms. The van der Waals surface area contributed by atoms with Gasteiger partial charge in [-0.3, -0.25) is 4.79 Å². The SMILES string of the molecule is O=C(Nc1ccc2c(c1)OCO2)c1ccc(Nc2cc(-c3ccccc3)ncn2)cc1. The van der Waals surface area contributed by atoms with E-state index in [9.17, 15) is 4.79 Å². The molecule has 0 atom stereocenters. The molecular weight excluding hydrogens is 392 g/mol. The molecule has 4 aromatic rings. The molecule has 0 fully saturated rings. The fraction of sp³-hybridized carbons (Fsp3) is 0.0417. The van der Waals surface area contributed by atoms with E-state index in [1.165, 1.54) is 6.33 Å². The molecule has 0 saturated heterocycles. The van der Waals surface area contributed by atoms with Crippen LogP contribution in [0.3, 0.4) is 0 Å². The van der Waals surface area contributed by atoms with Crippen molar-refractivity contribution in [3.05, 3.63) is 90.8 Å². The Kier molecular flexibility index (Phi) is 4.90. The fourth-order valence-electron chi connectivity index (χ4n) is 3.22. The van der Waals surface area contributed by atoms with E-state index in [0.717, 1.165) is 16.9 Å². The van der Waals surface area contributed by atoms with Gasteiger partial charge in [0.2, 0.25) is 6.79 Å². The first-order valence-corrected chi connectivity index (χ1v) is 9.70. The number of nitrogens with zero attached hydrogens (tertiary/aromatic N) is 2. The number of rotatable bonds is 5. The number of nitrogens with one attached hydrogen (secondary N) is 2. The summed E-state index contributed by atoms with van der Waals surface area (Å²) >= 11 is 0. The molecule has 2 N–H and O–H groups in total. The van der Waals surface area contributed by atoms with Gasteiger partial charge in [-0.15, -0.1) is 0 Å². The Labute approximate surface area is 178 Å². The summed E-state index contributed by atoms with van der Waals surface area (Å²) in [6.45, 7) is 0.195. The van der Waals surface area contributed by atoms with E-state index in [1.807, 2.05) is 48.5 Å². The van der Waals surface area contributed by atoms with Gasteiger partial charge in [-0.2, -0.15) is 0 Å². The second kappa shape index (κ2) is 8.16. The van der Waals surface area contributed by atoms with Gasteiger partial charge in [0.1, 0.15) is 12.1 Å². The van der Waals surface area contributed by atoms with E-state index in [0.29, 0.717) is 28.6 Å². The van der Waals surface area contributed by atoms with Crippen LogP contribution in [-0.2, 0) is 0 Å². The van der Waals surface area contributed by atoms with Crippen molar-refractivity contribution in [2.24, 2.45) is 0 Å². The standard InChI is InChI=1S/C24H18N4O3/c29-24(28-19-10-11-21-22(12-19)31-15-30-21)17-6-8-18(9-7-17)27-23-13-20(25-14-26-23)16-4-2-1-3-5-16/h1-14H,15H2,(H,28,29)(H,25,26,27). The van der Waals surface area contributed by atoms with Crippen LogP contribution in [0.4, 0.5) is 17.2 Å². The van der Waals surface area contributed by atoms with Gasteiger partial charge < -0.3 is 20.1 Å². The first-order valence-electron chi connectivity index (χ1n) is 9.70. The Morgan fingerprint density at radius 1 is 0.806 bits per heavy atom. The van der Waals surface area contributed by atoms with Gasteiger partial charge in [0, 0.05) is 34.6 Å². The molecule has 2 heterocycles. The lowest BCUT2D eigenvalue weighted by molar-refractivity contribution is 0.102. The molecule has 7 nitrogen and oxygen atoms in total. The van der Waals surface area contributed by atoms with E-state index >= 15 is 0 Å². The molecule has 5 rings (SSSR count). The monoisotopic (exact) mass is 410 g/mol. The van der Waals surface area contributed by atoms with Crippen molar-refractivity contribution < 1.29 is 14.3 Å². The minimum atomic E-state index is -0.209. The Balaban J connectivity index is 1.26. The lowest BCUT2D eigenvalue weighted by Gasteiger charge is -2.09. The zero-order valence-corrected chi connectivity index (χ0v) is 16.4. The fourth-order valence-corrected chi connectivity index (χ4v) is 3.22. The van der Waals surface area contributed by atoms with Crippen LogP contribution >= 0.6 is 0 Å². The van der Waals surface area contributed by atoms with Crippen LogP contribution in [-0.4, -0.2) is 22.7 Å². The topological polar surface area (TPSA) is 85.4 Å². The minimum absolute atomic E-state index is 0.195. The number of hydrogen-bond donors (Lipinski definition) is 2. The maximum atomic E-state index is 12.6. The van der Waals surface area contributed by atoms with E-state index in [2.05, 4.69) is 20.6 Å². The molecule has 0 saturated carbocycles. The number of benzene rings is 3. The number of ether oxygens (including phenoxy) is 2.